The monoisotopic (exact) mass is 280 g/mol. The summed E-state index contributed by atoms with van der Waals surface area (Å²) in [5, 5.41) is 15.3. The Morgan fingerprint density at radius 1 is 1.35 bits per heavy atom. The predicted molar refractivity (Wildman–Crippen MR) is 74.7 cm³/mol. The highest BCUT2D eigenvalue weighted by atomic mass is 19.1. The highest BCUT2D eigenvalue weighted by molar-refractivity contribution is 5.73. The molecule has 1 aromatic rings. The molecular formula is C15H21FN2O2. The molecule has 2 amide bonds. The zero-order valence-corrected chi connectivity index (χ0v) is 11.7. The smallest absolute Gasteiger partial charge is 0.314 e. The molecule has 110 valence electrons. The summed E-state index contributed by atoms with van der Waals surface area (Å²) in [6.07, 6.45) is 2.58. The fraction of sp³-hybridized carbons (Fsp3) is 0.533. The molecule has 0 bridgehead atoms. The van der Waals surface area contributed by atoms with Crippen molar-refractivity contribution in [3.63, 3.8) is 0 Å². The van der Waals surface area contributed by atoms with Crippen molar-refractivity contribution in [1.29, 1.82) is 0 Å². The van der Waals surface area contributed by atoms with Gasteiger partial charge in [-0.3, -0.25) is 0 Å². The molecule has 1 atom stereocenters. The van der Waals surface area contributed by atoms with E-state index in [2.05, 4.69) is 17.6 Å². The number of carbonyl (C=O) groups excluding carboxylic acids is 1. The first-order chi connectivity index (χ1) is 9.54. The van der Waals surface area contributed by atoms with Crippen LogP contribution in [0.4, 0.5) is 9.18 Å². The van der Waals surface area contributed by atoms with E-state index in [1.165, 1.54) is 37.1 Å². The number of amides is 2. The van der Waals surface area contributed by atoms with Crippen molar-refractivity contribution in [1.82, 2.24) is 10.6 Å². The Bertz CT molecular complexity index is 457. The zero-order chi connectivity index (χ0) is 14.6. The van der Waals surface area contributed by atoms with Crippen LogP contribution in [0.3, 0.4) is 0 Å². The molecule has 0 spiro atoms. The lowest BCUT2D eigenvalue weighted by atomic mass is 10.0. The first kappa shape index (κ1) is 14.8. The minimum atomic E-state index is -0.831. The van der Waals surface area contributed by atoms with Crippen molar-refractivity contribution in [2.45, 2.75) is 32.3 Å². The molecule has 1 aliphatic carbocycles. The van der Waals surface area contributed by atoms with Crippen LogP contribution in [0.2, 0.25) is 0 Å². The molecule has 1 saturated carbocycles. The Morgan fingerprint density at radius 2 is 2.00 bits per heavy atom. The molecule has 0 saturated heterocycles. The number of halogens is 1. The van der Waals surface area contributed by atoms with Crippen LogP contribution in [0, 0.1) is 11.2 Å². The molecule has 0 heterocycles. The second-order valence-corrected chi connectivity index (χ2v) is 5.48. The van der Waals surface area contributed by atoms with E-state index in [0.29, 0.717) is 17.5 Å². The molecule has 0 radical (unpaired) electrons. The van der Waals surface area contributed by atoms with E-state index >= 15 is 0 Å². The zero-order valence-electron chi connectivity index (χ0n) is 11.7. The summed E-state index contributed by atoms with van der Waals surface area (Å²) in [6, 6.07) is 5.32. The van der Waals surface area contributed by atoms with Crippen molar-refractivity contribution in [2.75, 3.05) is 13.1 Å². The van der Waals surface area contributed by atoms with E-state index in [1.54, 1.807) is 0 Å². The number of rotatable bonds is 6. The number of nitrogens with one attached hydrogen (secondary N) is 2. The Kier molecular flexibility index (Phi) is 4.60. The average Bonchev–Trinajstić information content (AvgIpc) is 3.24. The fourth-order valence-electron chi connectivity index (χ4n) is 2.15. The van der Waals surface area contributed by atoms with Gasteiger partial charge < -0.3 is 15.7 Å². The summed E-state index contributed by atoms with van der Waals surface area (Å²) >= 11 is 0. The molecule has 0 aliphatic heterocycles. The Hall–Kier alpha value is -1.62. The second-order valence-electron chi connectivity index (χ2n) is 5.48. The summed E-state index contributed by atoms with van der Waals surface area (Å²) < 4.78 is 12.8. The van der Waals surface area contributed by atoms with Crippen LogP contribution in [-0.4, -0.2) is 24.2 Å². The topological polar surface area (TPSA) is 61.4 Å². The lowest BCUT2D eigenvalue weighted by Crippen LogP contribution is -2.40. The molecule has 1 fully saturated rings. The predicted octanol–water partition coefficient (Wildman–Crippen LogP) is 2.35. The number of urea groups is 1. The minimum absolute atomic E-state index is 0.108. The Balaban J connectivity index is 1.71. The molecule has 2 rings (SSSR count). The van der Waals surface area contributed by atoms with Crippen LogP contribution in [0.5, 0.6) is 0 Å². The van der Waals surface area contributed by atoms with Crippen LogP contribution in [-0.2, 0) is 0 Å². The number of carbonyl (C=O) groups is 1. The van der Waals surface area contributed by atoms with Gasteiger partial charge in [-0.1, -0.05) is 19.1 Å². The van der Waals surface area contributed by atoms with E-state index in [0.717, 1.165) is 6.42 Å². The van der Waals surface area contributed by atoms with Crippen molar-refractivity contribution in [2.24, 2.45) is 5.41 Å². The van der Waals surface area contributed by atoms with Crippen LogP contribution < -0.4 is 10.6 Å². The lowest BCUT2D eigenvalue weighted by molar-refractivity contribution is 0.172. The maximum atomic E-state index is 12.8. The third-order valence-electron chi connectivity index (χ3n) is 4.04. The second kappa shape index (κ2) is 6.22. The molecule has 1 unspecified atom stereocenters. The van der Waals surface area contributed by atoms with Gasteiger partial charge in [-0.2, -0.15) is 0 Å². The first-order valence-corrected chi connectivity index (χ1v) is 7.00. The largest absolute Gasteiger partial charge is 0.387 e. The molecule has 20 heavy (non-hydrogen) atoms. The normalized spacial score (nSPS) is 17.4. The van der Waals surface area contributed by atoms with E-state index in [-0.39, 0.29) is 18.4 Å². The van der Waals surface area contributed by atoms with Gasteiger partial charge in [0.15, 0.2) is 0 Å². The molecule has 5 heteroatoms. The molecular weight excluding hydrogens is 259 g/mol. The van der Waals surface area contributed by atoms with Crippen LogP contribution in [0.25, 0.3) is 0 Å². The van der Waals surface area contributed by atoms with Crippen molar-refractivity contribution >= 4 is 6.03 Å². The SMILES string of the molecule is CCC1(CNC(=O)NCC(O)c2ccc(F)cc2)CC1. The van der Waals surface area contributed by atoms with Gasteiger partial charge in [0.05, 0.1) is 6.10 Å². The van der Waals surface area contributed by atoms with Gasteiger partial charge in [-0.05, 0) is 42.4 Å². The van der Waals surface area contributed by atoms with Gasteiger partial charge in [0.1, 0.15) is 5.82 Å². The molecule has 1 aromatic carbocycles. The van der Waals surface area contributed by atoms with Gasteiger partial charge in [0.2, 0.25) is 0 Å². The number of aliphatic hydroxyl groups is 1. The molecule has 1 aliphatic rings. The van der Waals surface area contributed by atoms with E-state index in [4.69, 9.17) is 0 Å². The minimum Gasteiger partial charge on any atom is -0.387 e. The summed E-state index contributed by atoms with van der Waals surface area (Å²) in [5.41, 5.74) is 0.881. The number of hydrogen-bond donors (Lipinski definition) is 3. The highest BCUT2D eigenvalue weighted by Crippen LogP contribution is 2.47. The van der Waals surface area contributed by atoms with E-state index in [1.807, 2.05) is 0 Å². The molecule has 0 aromatic heterocycles. The van der Waals surface area contributed by atoms with Crippen molar-refractivity contribution < 1.29 is 14.3 Å². The summed E-state index contributed by atoms with van der Waals surface area (Å²) in [5.74, 6) is -0.346. The molecule has 4 nitrogen and oxygen atoms in total. The molecule has 3 N–H and O–H groups in total. The standard InChI is InChI=1S/C15H21FN2O2/c1-2-15(7-8-15)10-18-14(20)17-9-13(19)11-3-5-12(16)6-4-11/h3-6,13,19H,2,7-10H2,1H3,(H2,17,18,20). The summed E-state index contributed by atoms with van der Waals surface area (Å²) in [7, 11) is 0. The Morgan fingerprint density at radius 3 is 2.55 bits per heavy atom. The van der Waals surface area contributed by atoms with Gasteiger partial charge in [0, 0.05) is 13.1 Å². The fourth-order valence-corrected chi connectivity index (χ4v) is 2.15. The van der Waals surface area contributed by atoms with Crippen LogP contribution in [0.15, 0.2) is 24.3 Å². The Labute approximate surface area is 118 Å². The van der Waals surface area contributed by atoms with E-state index < -0.39 is 6.10 Å². The van der Waals surface area contributed by atoms with Gasteiger partial charge in [0.25, 0.3) is 0 Å². The quantitative estimate of drug-likeness (QED) is 0.749. The number of aliphatic hydroxyl groups excluding tert-OH is 1. The van der Waals surface area contributed by atoms with Crippen LogP contribution in [0.1, 0.15) is 37.9 Å². The third kappa shape index (κ3) is 3.93. The summed E-state index contributed by atoms with van der Waals surface area (Å²) in [4.78, 5) is 11.6. The number of hydrogen-bond acceptors (Lipinski definition) is 2. The lowest BCUT2D eigenvalue weighted by Gasteiger charge is -2.16. The highest BCUT2D eigenvalue weighted by Gasteiger charge is 2.40. The van der Waals surface area contributed by atoms with Gasteiger partial charge >= 0.3 is 6.03 Å². The maximum Gasteiger partial charge on any atom is 0.314 e. The van der Waals surface area contributed by atoms with Crippen molar-refractivity contribution in [3.05, 3.63) is 35.6 Å². The van der Waals surface area contributed by atoms with Gasteiger partial charge in [-0.25, -0.2) is 9.18 Å². The van der Waals surface area contributed by atoms with Crippen LogP contribution >= 0.6 is 0 Å². The maximum absolute atomic E-state index is 12.8. The third-order valence-corrected chi connectivity index (χ3v) is 4.04. The van der Waals surface area contributed by atoms with E-state index in [9.17, 15) is 14.3 Å². The average molecular weight is 280 g/mol. The number of benzene rings is 1. The van der Waals surface area contributed by atoms with Gasteiger partial charge in [-0.15, -0.1) is 0 Å². The summed E-state index contributed by atoms with van der Waals surface area (Å²) in [6.45, 7) is 2.92. The van der Waals surface area contributed by atoms with Crippen molar-refractivity contribution in [3.8, 4) is 0 Å². The first-order valence-electron chi connectivity index (χ1n) is 7.00.